The molecule has 5 heteroatoms. The number of anilines is 1. The number of fused-ring (bicyclic) bond motifs is 2. The first-order valence-corrected chi connectivity index (χ1v) is 8.98. The number of hydrogen-bond donors (Lipinski definition) is 2. The standard InChI is InChI=1S/C20H23N3O2/c1-2-16-14(7-8-18(24)22-16)19(25)23-11-9-20(10-12-23)13-21-17-6-4-3-5-15(17)20/h3-8,21H,2,9-13H2,1H3,(H,22,24). The number of rotatable bonds is 2. The van der Waals surface area contributed by atoms with Gasteiger partial charge >= 0.3 is 0 Å². The highest BCUT2D eigenvalue weighted by atomic mass is 16.2. The Bertz CT molecular complexity index is 863. The summed E-state index contributed by atoms with van der Waals surface area (Å²) in [4.78, 5) is 29.2. The summed E-state index contributed by atoms with van der Waals surface area (Å²) in [5.41, 5.74) is 3.97. The maximum Gasteiger partial charge on any atom is 0.255 e. The zero-order chi connectivity index (χ0) is 17.4. The minimum absolute atomic E-state index is 0.0298. The number of hydrogen-bond acceptors (Lipinski definition) is 3. The summed E-state index contributed by atoms with van der Waals surface area (Å²) in [5, 5.41) is 3.52. The van der Waals surface area contributed by atoms with Gasteiger partial charge in [0.2, 0.25) is 5.56 Å². The van der Waals surface area contributed by atoms with Crippen LogP contribution in [0.15, 0.2) is 41.2 Å². The van der Waals surface area contributed by atoms with Gasteiger partial charge in [-0.05, 0) is 37.0 Å². The average Bonchev–Trinajstić information content (AvgIpc) is 3.00. The average molecular weight is 337 g/mol. The van der Waals surface area contributed by atoms with Crippen LogP contribution >= 0.6 is 0 Å². The third-order valence-electron chi connectivity index (χ3n) is 5.71. The Hall–Kier alpha value is -2.56. The smallest absolute Gasteiger partial charge is 0.255 e. The Balaban J connectivity index is 1.53. The van der Waals surface area contributed by atoms with Crippen molar-refractivity contribution in [1.29, 1.82) is 0 Å². The van der Waals surface area contributed by atoms with Crippen LogP contribution in [0.4, 0.5) is 5.69 Å². The number of nitrogens with one attached hydrogen (secondary N) is 2. The number of para-hydroxylation sites is 1. The summed E-state index contributed by atoms with van der Waals surface area (Å²) >= 11 is 0. The van der Waals surface area contributed by atoms with Crippen molar-refractivity contribution in [3.63, 3.8) is 0 Å². The molecule has 0 bridgehead atoms. The fourth-order valence-corrected chi connectivity index (χ4v) is 4.21. The number of pyridine rings is 1. The van der Waals surface area contributed by atoms with Crippen molar-refractivity contribution < 1.29 is 4.79 Å². The number of aryl methyl sites for hydroxylation is 1. The van der Waals surface area contributed by atoms with Crippen molar-refractivity contribution in [2.45, 2.75) is 31.6 Å². The zero-order valence-electron chi connectivity index (χ0n) is 14.5. The SMILES string of the molecule is CCc1[nH]c(=O)ccc1C(=O)N1CCC2(CC1)CNc1ccccc12. The first-order chi connectivity index (χ1) is 12.1. The molecule has 0 aliphatic carbocycles. The maximum atomic E-state index is 12.9. The lowest BCUT2D eigenvalue weighted by Crippen LogP contribution is -2.46. The Kier molecular flexibility index (Phi) is 3.86. The summed E-state index contributed by atoms with van der Waals surface area (Å²) in [6, 6.07) is 11.6. The molecule has 1 aromatic carbocycles. The minimum Gasteiger partial charge on any atom is -0.384 e. The molecule has 0 radical (unpaired) electrons. The molecule has 2 N–H and O–H groups in total. The van der Waals surface area contributed by atoms with Gasteiger partial charge in [-0.3, -0.25) is 9.59 Å². The molecule has 0 unspecified atom stereocenters. The predicted octanol–water partition coefficient (Wildman–Crippen LogP) is 2.54. The molecule has 1 spiro atoms. The topological polar surface area (TPSA) is 65.2 Å². The fraction of sp³-hybridized carbons (Fsp3) is 0.400. The molecule has 2 aliphatic heterocycles. The quantitative estimate of drug-likeness (QED) is 0.885. The molecule has 3 heterocycles. The lowest BCUT2D eigenvalue weighted by molar-refractivity contribution is 0.0674. The van der Waals surface area contributed by atoms with Gasteiger partial charge in [-0.1, -0.05) is 25.1 Å². The van der Waals surface area contributed by atoms with Crippen molar-refractivity contribution >= 4 is 11.6 Å². The van der Waals surface area contributed by atoms with Gasteiger partial charge in [-0.2, -0.15) is 0 Å². The second-order valence-electron chi connectivity index (χ2n) is 7.04. The number of aromatic nitrogens is 1. The number of carbonyl (C=O) groups excluding carboxylic acids is 1. The summed E-state index contributed by atoms with van der Waals surface area (Å²) < 4.78 is 0. The lowest BCUT2D eigenvalue weighted by Gasteiger charge is -2.39. The molecular formula is C20H23N3O2. The van der Waals surface area contributed by atoms with E-state index in [1.807, 2.05) is 11.8 Å². The van der Waals surface area contributed by atoms with E-state index in [1.165, 1.54) is 17.3 Å². The van der Waals surface area contributed by atoms with Crippen LogP contribution in [0, 0.1) is 0 Å². The second-order valence-corrected chi connectivity index (χ2v) is 7.04. The van der Waals surface area contributed by atoms with E-state index >= 15 is 0 Å². The number of likely N-dealkylation sites (tertiary alicyclic amines) is 1. The predicted molar refractivity (Wildman–Crippen MR) is 98.2 cm³/mol. The molecule has 0 saturated carbocycles. The van der Waals surface area contributed by atoms with E-state index in [0.29, 0.717) is 12.0 Å². The normalized spacial score (nSPS) is 18.0. The van der Waals surface area contributed by atoms with Crippen molar-refractivity contribution in [2.24, 2.45) is 0 Å². The molecule has 1 saturated heterocycles. The van der Waals surface area contributed by atoms with Crippen LogP contribution in [-0.2, 0) is 11.8 Å². The van der Waals surface area contributed by atoms with Crippen LogP contribution in [0.25, 0.3) is 0 Å². The van der Waals surface area contributed by atoms with Gasteiger partial charge in [0.25, 0.3) is 5.91 Å². The van der Waals surface area contributed by atoms with Gasteiger partial charge in [0.15, 0.2) is 0 Å². The molecule has 1 aromatic heterocycles. The van der Waals surface area contributed by atoms with Crippen LogP contribution in [0.1, 0.15) is 41.4 Å². The van der Waals surface area contributed by atoms with Crippen LogP contribution in [0.3, 0.4) is 0 Å². The van der Waals surface area contributed by atoms with Gasteiger partial charge in [0.05, 0.1) is 5.56 Å². The molecule has 5 nitrogen and oxygen atoms in total. The van der Waals surface area contributed by atoms with Crippen LogP contribution < -0.4 is 10.9 Å². The first kappa shape index (κ1) is 15.9. The second kappa shape index (κ2) is 6.06. The van der Waals surface area contributed by atoms with E-state index in [2.05, 4.69) is 34.6 Å². The maximum absolute atomic E-state index is 12.9. The third kappa shape index (κ3) is 2.64. The molecular weight excluding hydrogens is 314 g/mol. The van der Waals surface area contributed by atoms with Crippen molar-refractivity contribution in [3.8, 4) is 0 Å². The monoisotopic (exact) mass is 337 g/mol. The van der Waals surface area contributed by atoms with Gasteiger partial charge in [0, 0.05) is 42.5 Å². The molecule has 1 amide bonds. The van der Waals surface area contributed by atoms with Crippen molar-refractivity contribution in [2.75, 3.05) is 25.0 Å². The molecule has 25 heavy (non-hydrogen) atoms. The Morgan fingerprint density at radius 2 is 1.92 bits per heavy atom. The van der Waals surface area contributed by atoms with Gasteiger partial charge in [0.1, 0.15) is 0 Å². The zero-order valence-corrected chi connectivity index (χ0v) is 14.5. The van der Waals surface area contributed by atoms with E-state index in [1.54, 1.807) is 6.07 Å². The minimum atomic E-state index is -0.153. The van der Waals surface area contributed by atoms with Gasteiger partial charge < -0.3 is 15.2 Å². The van der Waals surface area contributed by atoms with E-state index in [4.69, 9.17) is 0 Å². The first-order valence-electron chi connectivity index (χ1n) is 8.98. The number of benzene rings is 1. The van der Waals surface area contributed by atoms with Crippen LogP contribution in [-0.4, -0.2) is 35.4 Å². The summed E-state index contributed by atoms with van der Waals surface area (Å²) in [5.74, 6) is 0.0298. The molecule has 2 aromatic rings. The van der Waals surface area contributed by atoms with Crippen LogP contribution in [0.2, 0.25) is 0 Å². The number of nitrogens with zero attached hydrogens (tertiary/aromatic N) is 1. The number of amides is 1. The molecule has 2 aliphatic rings. The van der Waals surface area contributed by atoms with Crippen LogP contribution in [0.5, 0.6) is 0 Å². The number of aromatic amines is 1. The number of carbonyl (C=O) groups is 1. The van der Waals surface area contributed by atoms with E-state index in [0.717, 1.165) is 38.2 Å². The van der Waals surface area contributed by atoms with E-state index in [-0.39, 0.29) is 16.9 Å². The van der Waals surface area contributed by atoms with Crippen molar-refractivity contribution in [1.82, 2.24) is 9.88 Å². The summed E-state index contributed by atoms with van der Waals surface area (Å²) in [6.45, 7) is 4.40. The Labute approximate surface area is 147 Å². The highest BCUT2D eigenvalue weighted by Crippen LogP contribution is 2.43. The Morgan fingerprint density at radius 1 is 1.16 bits per heavy atom. The molecule has 0 atom stereocenters. The molecule has 1 fully saturated rings. The number of H-pyrrole nitrogens is 1. The van der Waals surface area contributed by atoms with Gasteiger partial charge in [-0.25, -0.2) is 0 Å². The molecule has 130 valence electrons. The highest BCUT2D eigenvalue weighted by molar-refractivity contribution is 5.95. The van der Waals surface area contributed by atoms with Gasteiger partial charge in [-0.15, -0.1) is 0 Å². The van der Waals surface area contributed by atoms with E-state index < -0.39 is 0 Å². The number of piperidine rings is 1. The Morgan fingerprint density at radius 3 is 2.68 bits per heavy atom. The van der Waals surface area contributed by atoms with Crippen molar-refractivity contribution in [3.05, 3.63) is 63.6 Å². The van der Waals surface area contributed by atoms with E-state index in [9.17, 15) is 9.59 Å². The largest absolute Gasteiger partial charge is 0.384 e. The summed E-state index contributed by atoms with van der Waals surface area (Å²) in [7, 11) is 0. The third-order valence-corrected chi connectivity index (χ3v) is 5.71. The fourth-order valence-electron chi connectivity index (χ4n) is 4.21. The molecule has 4 rings (SSSR count). The highest BCUT2D eigenvalue weighted by Gasteiger charge is 2.42. The summed E-state index contributed by atoms with van der Waals surface area (Å²) in [6.07, 6.45) is 2.58. The lowest BCUT2D eigenvalue weighted by atomic mass is 9.74.